The topological polar surface area (TPSA) is 66.8 Å². The van der Waals surface area contributed by atoms with Gasteiger partial charge in [0.05, 0.1) is 4.91 Å². The average molecular weight is 335 g/mol. The summed E-state index contributed by atoms with van der Waals surface area (Å²) in [7, 11) is 0. The number of carboxylic acid groups (broad SMARTS) is 1. The van der Waals surface area contributed by atoms with Gasteiger partial charge in [-0.3, -0.25) is 9.69 Å². The van der Waals surface area contributed by atoms with E-state index in [2.05, 4.69) is 6.58 Å². The zero-order chi connectivity index (χ0) is 16.1. The van der Waals surface area contributed by atoms with Gasteiger partial charge in [0.25, 0.3) is 5.91 Å². The SMILES string of the molecule is C=CCN1C(=O)C(=Cc2cccc(OCC(=O)O)c2)SC1=S. The number of carbonyl (C=O) groups is 2. The lowest BCUT2D eigenvalue weighted by atomic mass is 10.2. The Hall–Kier alpha value is -2.12. The molecule has 0 radical (unpaired) electrons. The molecule has 1 aromatic rings. The summed E-state index contributed by atoms with van der Waals surface area (Å²) in [5, 5.41) is 8.60. The third-order valence-corrected chi connectivity index (χ3v) is 4.08. The summed E-state index contributed by atoms with van der Waals surface area (Å²) in [5.74, 6) is -0.778. The van der Waals surface area contributed by atoms with Gasteiger partial charge in [-0.2, -0.15) is 0 Å². The molecule has 1 fully saturated rings. The fourth-order valence-electron chi connectivity index (χ4n) is 1.78. The molecule has 2 rings (SSSR count). The van der Waals surface area contributed by atoms with Crippen LogP contribution >= 0.6 is 24.0 Å². The van der Waals surface area contributed by atoms with Crippen LogP contribution in [0.1, 0.15) is 5.56 Å². The summed E-state index contributed by atoms with van der Waals surface area (Å²) in [6.45, 7) is 3.57. The Morgan fingerprint density at radius 2 is 2.27 bits per heavy atom. The summed E-state index contributed by atoms with van der Waals surface area (Å²) in [5.41, 5.74) is 0.738. The molecule has 1 N–H and O–H groups in total. The van der Waals surface area contributed by atoms with E-state index in [1.54, 1.807) is 36.4 Å². The second-order valence-electron chi connectivity index (χ2n) is 4.34. The molecule has 1 heterocycles. The highest BCUT2D eigenvalue weighted by Crippen LogP contribution is 2.32. The molecular weight excluding hydrogens is 322 g/mol. The standard InChI is InChI=1S/C15H13NO4S2/c1-2-6-16-14(19)12(22-15(16)21)8-10-4-3-5-11(7-10)20-9-13(17)18/h2-5,7-8H,1,6,9H2,(H,17,18). The molecule has 5 nitrogen and oxygen atoms in total. The fraction of sp³-hybridized carbons (Fsp3) is 0.133. The third-order valence-electron chi connectivity index (χ3n) is 2.70. The van der Waals surface area contributed by atoms with Crippen molar-refractivity contribution in [3.8, 4) is 5.75 Å². The fourth-order valence-corrected chi connectivity index (χ4v) is 3.05. The number of hydrogen-bond donors (Lipinski definition) is 1. The minimum atomic E-state index is -1.05. The number of hydrogen-bond acceptors (Lipinski definition) is 5. The first kappa shape index (κ1) is 16.3. The van der Waals surface area contributed by atoms with Crippen molar-refractivity contribution < 1.29 is 19.4 Å². The van der Waals surface area contributed by atoms with Gasteiger partial charge in [-0.15, -0.1) is 6.58 Å². The number of amides is 1. The lowest BCUT2D eigenvalue weighted by Gasteiger charge is -2.10. The second kappa shape index (κ2) is 7.24. The van der Waals surface area contributed by atoms with E-state index in [4.69, 9.17) is 22.1 Å². The van der Waals surface area contributed by atoms with Gasteiger partial charge in [-0.25, -0.2) is 4.79 Å². The number of carboxylic acids is 1. The van der Waals surface area contributed by atoms with E-state index in [-0.39, 0.29) is 5.91 Å². The van der Waals surface area contributed by atoms with Crippen LogP contribution in [0.4, 0.5) is 0 Å². The zero-order valence-corrected chi connectivity index (χ0v) is 13.2. The summed E-state index contributed by atoms with van der Waals surface area (Å²) in [4.78, 5) is 24.7. The Bertz CT molecular complexity index is 669. The first-order valence-electron chi connectivity index (χ1n) is 6.32. The lowest BCUT2D eigenvalue weighted by Crippen LogP contribution is -2.27. The molecule has 0 bridgehead atoms. The van der Waals surface area contributed by atoms with Crippen LogP contribution in [0.15, 0.2) is 41.8 Å². The maximum absolute atomic E-state index is 12.2. The van der Waals surface area contributed by atoms with Gasteiger partial charge in [-0.1, -0.05) is 42.2 Å². The van der Waals surface area contributed by atoms with Crippen molar-refractivity contribution >= 4 is 46.3 Å². The van der Waals surface area contributed by atoms with Gasteiger partial charge < -0.3 is 9.84 Å². The van der Waals surface area contributed by atoms with Crippen molar-refractivity contribution in [3.63, 3.8) is 0 Å². The number of nitrogens with zero attached hydrogens (tertiary/aromatic N) is 1. The first-order chi connectivity index (χ1) is 10.5. The molecule has 1 aliphatic heterocycles. The Morgan fingerprint density at radius 3 is 2.95 bits per heavy atom. The number of rotatable bonds is 6. The number of thiocarbonyl (C=S) groups is 1. The van der Waals surface area contributed by atoms with Crippen LogP contribution in [-0.2, 0) is 9.59 Å². The van der Waals surface area contributed by atoms with E-state index in [1.807, 2.05) is 0 Å². The molecule has 0 spiro atoms. The number of aliphatic carboxylic acids is 1. The predicted molar refractivity (Wildman–Crippen MR) is 89.6 cm³/mol. The van der Waals surface area contributed by atoms with Gasteiger partial charge in [0.2, 0.25) is 0 Å². The quantitative estimate of drug-likeness (QED) is 0.489. The average Bonchev–Trinajstić information content (AvgIpc) is 2.74. The predicted octanol–water partition coefficient (Wildman–Crippen LogP) is 2.54. The van der Waals surface area contributed by atoms with Gasteiger partial charge in [-0.05, 0) is 23.8 Å². The van der Waals surface area contributed by atoms with Gasteiger partial charge >= 0.3 is 5.97 Å². The minimum absolute atomic E-state index is 0.160. The highest BCUT2D eigenvalue weighted by atomic mass is 32.2. The Kier molecular flexibility index (Phi) is 5.35. The van der Waals surface area contributed by atoms with Crippen LogP contribution in [0.5, 0.6) is 5.75 Å². The maximum Gasteiger partial charge on any atom is 0.341 e. The molecule has 0 unspecified atom stereocenters. The van der Waals surface area contributed by atoms with Crippen molar-refractivity contribution in [3.05, 3.63) is 47.4 Å². The van der Waals surface area contributed by atoms with Crippen LogP contribution in [0.3, 0.4) is 0 Å². The van der Waals surface area contributed by atoms with Crippen LogP contribution < -0.4 is 4.74 Å². The van der Waals surface area contributed by atoms with Crippen LogP contribution in [0, 0.1) is 0 Å². The molecule has 0 aliphatic carbocycles. The van der Waals surface area contributed by atoms with Crippen molar-refractivity contribution in [2.24, 2.45) is 0 Å². The van der Waals surface area contributed by atoms with Crippen molar-refractivity contribution in [1.82, 2.24) is 4.90 Å². The highest BCUT2D eigenvalue weighted by molar-refractivity contribution is 8.26. The van der Waals surface area contributed by atoms with E-state index >= 15 is 0 Å². The van der Waals surface area contributed by atoms with E-state index < -0.39 is 12.6 Å². The van der Waals surface area contributed by atoms with Crippen molar-refractivity contribution in [1.29, 1.82) is 0 Å². The molecule has 1 saturated heterocycles. The van der Waals surface area contributed by atoms with Crippen LogP contribution in [0.2, 0.25) is 0 Å². The maximum atomic E-state index is 12.2. The molecule has 7 heteroatoms. The summed E-state index contributed by atoms with van der Waals surface area (Å²) in [6, 6.07) is 6.85. The lowest BCUT2D eigenvalue weighted by molar-refractivity contribution is -0.139. The van der Waals surface area contributed by atoms with E-state index in [0.29, 0.717) is 21.5 Å². The summed E-state index contributed by atoms with van der Waals surface area (Å²) in [6.07, 6.45) is 3.32. The van der Waals surface area contributed by atoms with Gasteiger partial charge in [0.1, 0.15) is 10.1 Å². The molecule has 0 saturated carbocycles. The largest absolute Gasteiger partial charge is 0.482 e. The molecule has 114 valence electrons. The molecule has 22 heavy (non-hydrogen) atoms. The van der Waals surface area contributed by atoms with Crippen molar-refractivity contribution in [2.75, 3.05) is 13.2 Å². The molecule has 1 aromatic carbocycles. The Balaban J connectivity index is 2.17. The van der Waals surface area contributed by atoms with E-state index in [1.165, 1.54) is 16.7 Å². The number of carbonyl (C=O) groups excluding carboxylic acids is 1. The normalized spacial score (nSPS) is 16.2. The highest BCUT2D eigenvalue weighted by Gasteiger charge is 2.30. The van der Waals surface area contributed by atoms with E-state index in [0.717, 1.165) is 5.56 Å². The minimum Gasteiger partial charge on any atom is -0.482 e. The number of ether oxygens (including phenoxy) is 1. The zero-order valence-electron chi connectivity index (χ0n) is 11.5. The van der Waals surface area contributed by atoms with Gasteiger partial charge in [0.15, 0.2) is 6.61 Å². The monoisotopic (exact) mass is 335 g/mol. The molecule has 0 aromatic heterocycles. The third kappa shape index (κ3) is 3.96. The summed E-state index contributed by atoms with van der Waals surface area (Å²) < 4.78 is 5.61. The molecular formula is C15H13NO4S2. The van der Waals surface area contributed by atoms with Crippen molar-refractivity contribution in [2.45, 2.75) is 0 Å². The van der Waals surface area contributed by atoms with Gasteiger partial charge in [0, 0.05) is 6.54 Å². The van der Waals surface area contributed by atoms with E-state index in [9.17, 15) is 9.59 Å². The first-order valence-corrected chi connectivity index (χ1v) is 7.54. The molecule has 0 atom stereocenters. The second-order valence-corrected chi connectivity index (χ2v) is 6.01. The molecule has 1 aliphatic rings. The van der Waals surface area contributed by atoms with Crippen LogP contribution in [-0.4, -0.2) is 39.4 Å². The number of thioether (sulfide) groups is 1. The molecule has 1 amide bonds. The summed E-state index contributed by atoms with van der Waals surface area (Å²) >= 11 is 6.39. The Labute approximate surface area is 137 Å². The number of benzene rings is 1. The van der Waals surface area contributed by atoms with Crippen LogP contribution in [0.25, 0.3) is 6.08 Å². The Morgan fingerprint density at radius 1 is 1.50 bits per heavy atom. The smallest absolute Gasteiger partial charge is 0.341 e.